The van der Waals surface area contributed by atoms with Crippen molar-refractivity contribution in [1.82, 2.24) is 15.2 Å². The van der Waals surface area contributed by atoms with Crippen molar-refractivity contribution in [1.29, 1.82) is 0 Å². The zero-order valence-electron chi connectivity index (χ0n) is 12.1. The lowest BCUT2D eigenvalue weighted by molar-refractivity contribution is -0.136. The van der Waals surface area contributed by atoms with Gasteiger partial charge in [0.05, 0.1) is 11.7 Å². The first-order chi connectivity index (χ1) is 9.98. The summed E-state index contributed by atoms with van der Waals surface area (Å²) in [5.74, 6) is 5.35. The number of nitrogens with two attached hydrogens (primary N) is 1. The second kappa shape index (κ2) is 7.26. The number of hydrogen-bond acceptors (Lipinski definition) is 3. The minimum absolute atomic E-state index is 0.0315. The minimum Gasteiger partial charge on any atom is -0.271 e. The van der Waals surface area contributed by atoms with Gasteiger partial charge in [-0.25, -0.2) is 0 Å². The van der Waals surface area contributed by atoms with Gasteiger partial charge in [-0.1, -0.05) is 19.3 Å². The molecule has 0 aromatic carbocycles. The summed E-state index contributed by atoms with van der Waals surface area (Å²) in [7, 11) is 0. The fraction of sp³-hybridized carbons (Fsp3) is 0.786. The van der Waals surface area contributed by atoms with Crippen LogP contribution in [0.5, 0.6) is 0 Å². The molecule has 1 fully saturated rings. The molecule has 21 heavy (non-hydrogen) atoms. The summed E-state index contributed by atoms with van der Waals surface area (Å²) in [5.41, 5.74) is 3.26. The van der Waals surface area contributed by atoms with Crippen LogP contribution < -0.4 is 11.3 Å². The number of hydrogen-bond donors (Lipinski definition) is 2. The van der Waals surface area contributed by atoms with Crippen molar-refractivity contribution in [3.05, 3.63) is 18.0 Å². The molecule has 0 saturated heterocycles. The van der Waals surface area contributed by atoms with E-state index in [1.165, 1.54) is 19.3 Å². The maximum absolute atomic E-state index is 12.2. The molecule has 0 spiro atoms. The smallest absolute Gasteiger partial charge is 0.271 e. The highest BCUT2D eigenvalue weighted by Crippen LogP contribution is 2.27. The summed E-state index contributed by atoms with van der Waals surface area (Å²) in [6.45, 7) is 0. The average molecular weight is 304 g/mol. The highest BCUT2D eigenvalue weighted by molar-refractivity contribution is 5.02. The van der Waals surface area contributed by atoms with Gasteiger partial charge in [-0.3, -0.25) is 16.0 Å². The highest BCUT2D eigenvalue weighted by Gasteiger charge is 2.28. The SMILES string of the molecule is NNC(CCC(F)(F)F)Cc1ccn(C2CCCCC2)n1. The second-order valence-corrected chi connectivity index (χ2v) is 5.80. The Balaban J connectivity index is 1.87. The highest BCUT2D eigenvalue weighted by atomic mass is 19.4. The van der Waals surface area contributed by atoms with Gasteiger partial charge in [0.1, 0.15) is 0 Å². The molecule has 2 rings (SSSR count). The first-order valence-electron chi connectivity index (χ1n) is 7.55. The molecule has 3 N–H and O–H groups in total. The zero-order chi connectivity index (χ0) is 15.3. The standard InChI is InChI=1S/C14H23F3N4/c15-14(16,17)8-6-11(19-18)10-12-7-9-21(20-12)13-4-2-1-3-5-13/h7,9,11,13,19H,1-6,8,10,18H2. The lowest BCUT2D eigenvalue weighted by atomic mass is 9.96. The number of aromatic nitrogens is 2. The number of alkyl halides is 3. The van der Waals surface area contributed by atoms with Crippen LogP contribution in [0.15, 0.2) is 12.3 Å². The average Bonchev–Trinajstić information content (AvgIpc) is 2.92. The van der Waals surface area contributed by atoms with E-state index in [0.717, 1.165) is 18.5 Å². The van der Waals surface area contributed by atoms with Crippen LogP contribution in [0.1, 0.15) is 56.7 Å². The molecule has 1 aromatic rings. The number of hydrazine groups is 1. The number of nitrogens with zero attached hydrogens (tertiary/aromatic N) is 2. The van der Waals surface area contributed by atoms with Gasteiger partial charge in [-0.2, -0.15) is 18.3 Å². The summed E-state index contributed by atoms with van der Waals surface area (Å²) in [5, 5.41) is 4.51. The minimum atomic E-state index is -4.14. The van der Waals surface area contributed by atoms with Gasteiger partial charge in [0.25, 0.3) is 0 Å². The van der Waals surface area contributed by atoms with Gasteiger partial charge in [0.15, 0.2) is 0 Å². The predicted octanol–water partition coefficient (Wildman–Crippen LogP) is 3.11. The Hall–Kier alpha value is -1.08. The topological polar surface area (TPSA) is 55.9 Å². The molecule has 1 aromatic heterocycles. The van der Waals surface area contributed by atoms with Crippen LogP contribution in [0.25, 0.3) is 0 Å². The first-order valence-corrected chi connectivity index (χ1v) is 7.55. The summed E-state index contributed by atoms with van der Waals surface area (Å²) >= 11 is 0. The largest absolute Gasteiger partial charge is 0.389 e. The molecular formula is C14H23F3N4. The van der Waals surface area contributed by atoms with Crippen LogP contribution in [0.3, 0.4) is 0 Å². The van der Waals surface area contributed by atoms with Crippen molar-refractivity contribution < 1.29 is 13.2 Å². The Morgan fingerprint density at radius 3 is 2.67 bits per heavy atom. The van der Waals surface area contributed by atoms with Crippen molar-refractivity contribution in [2.24, 2.45) is 5.84 Å². The maximum Gasteiger partial charge on any atom is 0.389 e. The van der Waals surface area contributed by atoms with E-state index in [0.29, 0.717) is 12.5 Å². The van der Waals surface area contributed by atoms with Crippen LogP contribution in [0.2, 0.25) is 0 Å². The van der Waals surface area contributed by atoms with Gasteiger partial charge in [0, 0.05) is 25.1 Å². The molecule has 120 valence electrons. The predicted molar refractivity (Wildman–Crippen MR) is 74.5 cm³/mol. The zero-order valence-corrected chi connectivity index (χ0v) is 12.1. The van der Waals surface area contributed by atoms with E-state index in [1.807, 2.05) is 16.9 Å². The molecule has 1 aliphatic rings. The molecule has 4 nitrogen and oxygen atoms in total. The normalized spacial score (nSPS) is 18.9. The molecule has 0 radical (unpaired) electrons. The maximum atomic E-state index is 12.2. The Morgan fingerprint density at radius 1 is 1.33 bits per heavy atom. The quantitative estimate of drug-likeness (QED) is 0.627. The Kier molecular flexibility index (Phi) is 5.64. The van der Waals surface area contributed by atoms with Gasteiger partial charge in [-0.15, -0.1) is 0 Å². The fourth-order valence-corrected chi connectivity index (χ4v) is 2.87. The van der Waals surface area contributed by atoms with Crippen LogP contribution in [0, 0.1) is 0 Å². The van der Waals surface area contributed by atoms with E-state index in [2.05, 4.69) is 10.5 Å². The van der Waals surface area contributed by atoms with Crippen LogP contribution in [-0.2, 0) is 6.42 Å². The van der Waals surface area contributed by atoms with Gasteiger partial charge >= 0.3 is 6.18 Å². The summed E-state index contributed by atoms with van der Waals surface area (Å²) < 4.78 is 38.7. The van der Waals surface area contributed by atoms with Crippen molar-refractivity contribution in [3.63, 3.8) is 0 Å². The second-order valence-electron chi connectivity index (χ2n) is 5.80. The van der Waals surface area contributed by atoms with E-state index in [4.69, 9.17) is 5.84 Å². The van der Waals surface area contributed by atoms with Crippen LogP contribution in [0.4, 0.5) is 13.2 Å². The van der Waals surface area contributed by atoms with Crippen LogP contribution >= 0.6 is 0 Å². The molecule has 0 bridgehead atoms. The van der Waals surface area contributed by atoms with E-state index in [9.17, 15) is 13.2 Å². The van der Waals surface area contributed by atoms with Crippen molar-refractivity contribution >= 4 is 0 Å². The van der Waals surface area contributed by atoms with E-state index < -0.39 is 18.6 Å². The molecular weight excluding hydrogens is 281 g/mol. The number of halogens is 3. The van der Waals surface area contributed by atoms with Crippen molar-refractivity contribution in [3.8, 4) is 0 Å². The number of nitrogens with one attached hydrogen (secondary N) is 1. The third kappa shape index (κ3) is 5.32. The van der Waals surface area contributed by atoms with Crippen molar-refractivity contribution in [2.45, 2.75) is 69.6 Å². The van der Waals surface area contributed by atoms with Gasteiger partial charge in [0.2, 0.25) is 0 Å². The molecule has 1 heterocycles. The van der Waals surface area contributed by atoms with E-state index >= 15 is 0 Å². The molecule has 7 heteroatoms. The lowest BCUT2D eigenvalue weighted by Crippen LogP contribution is -2.37. The van der Waals surface area contributed by atoms with Crippen LogP contribution in [-0.4, -0.2) is 22.0 Å². The molecule has 1 unspecified atom stereocenters. The molecule has 0 aliphatic heterocycles. The van der Waals surface area contributed by atoms with Gasteiger partial charge in [-0.05, 0) is 25.3 Å². The Labute approximate surface area is 122 Å². The van der Waals surface area contributed by atoms with E-state index in [1.54, 1.807) is 0 Å². The van der Waals surface area contributed by atoms with E-state index in [-0.39, 0.29) is 6.42 Å². The third-order valence-corrected chi connectivity index (χ3v) is 4.08. The molecule has 1 aliphatic carbocycles. The molecule has 0 amide bonds. The van der Waals surface area contributed by atoms with Crippen molar-refractivity contribution in [2.75, 3.05) is 0 Å². The monoisotopic (exact) mass is 304 g/mol. The Bertz CT molecular complexity index is 424. The van der Waals surface area contributed by atoms with Gasteiger partial charge < -0.3 is 0 Å². The fourth-order valence-electron chi connectivity index (χ4n) is 2.87. The molecule has 1 saturated carbocycles. The molecule has 1 atom stereocenters. The first kappa shape index (κ1) is 16.3. The third-order valence-electron chi connectivity index (χ3n) is 4.08. The number of rotatable bonds is 6. The lowest BCUT2D eigenvalue weighted by Gasteiger charge is -2.22. The summed E-state index contributed by atoms with van der Waals surface area (Å²) in [6, 6.07) is 1.92. The summed E-state index contributed by atoms with van der Waals surface area (Å²) in [6.07, 6.45) is 3.34. The Morgan fingerprint density at radius 2 is 2.05 bits per heavy atom. The summed E-state index contributed by atoms with van der Waals surface area (Å²) in [4.78, 5) is 0.